The predicted octanol–water partition coefficient (Wildman–Crippen LogP) is 2.85. The summed E-state index contributed by atoms with van der Waals surface area (Å²) in [5.74, 6) is 1.34. The fourth-order valence-corrected chi connectivity index (χ4v) is 3.18. The van der Waals surface area contributed by atoms with E-state index in [2.05, 4.69) is 5.32 Å². The highest BCUT2D eigenvalue weighted by Crippen LogP contribution is 2.31. The second kappa shape index (κ2) is 7.33. The molecule has 118 valence electrons. The van der Waals surface area contributed by atoms with Gasteiger partial charge in [-0.3, -0.25) is 9.59 Å². The molecule has 2 aromatic carbocycles. The summed E-state index contributed by atoms with van der Waals surface area (Å²) in [6.07, 6.45) is 0. The SMILES string of the molecule is O=C(CSCC(=O)c1ccccc1)N[C@H]1COc2ccccc21. The molecule has 0 aliphatic carbocycles. The molecule has 0 saturated carbocycles. The molecule has 0 bridgehead atoms. The van der Waals surface area contributed by atoms with Crippen molar-refractivity contribution in [3.8, 4) is 5.75 Å². The van der Waals surface area contributed by atoms with Crippen molar-refractivity contribution >= 4 is 23.5 Å². The molecule has 1 N–H and O–H groups in total. The van der Waals surface area contributed by atoms with Crippen molar-refractivity contribution in [3.05, 3.63) is 65.7 Å². The number of carbonyl (C=O) groups is 2. The Hall–Kier alpha value is -2.27. The van der Waals surface area contributed by atoms with E-state index in [0.717, 1.165) is 11.3 Å². The fraction of sp³-hybridized carbons (Fsp3) is 0.222. The lowest BCUT2D eigenvalue weighted by atomic mass is 10.1. The second-order valence-corrected chi connectivity index (χ2v) is 6.24. The van der Waals surface area contributed by atoms with Crippen LogP contribution in [0.15, 0.2) is 54.6 Å². The number of para-hydroxylation sites is 1. The molecule has 0 radical (unpaired) electrons. The lowest BCUT2D eigenvalue weighted by Crippen LogP contribution is -2.31. The van der Waals surface area contributed by atoms with Crippen molar-refractivity contribution < 1.29 is 14.3 Å². The lowest BCUT2D eigenvalue weighted by molar-refractivity contribution is -0.119. The Balaban J connectivity index is 1.45. The van der Waals surface area contributed by atoms with E-state index in [1.807, 2.05) is 42.5 Å². The molecule has 0 spiro atoms. The zero-order valence-corrected chi connectivity index (χ0v) is 13.3. The van der Waals surface area contributed by atoms with Gasteiger partial charge in [-0.25, -0.2) is 0 Å². The summed E-state index contributed by atoms with van der Waals surface area (Å²) in [7, 11) is 0. The molecule has 0 unspecified atom stereocenters. The standard InChI is InChI=1S/C18H17NO3S/c20-16(13-6-2-1-3-7-13)11-23-12-18(21)19-15-10-22-17-9-5-4-8-14(15)17/h1-9,15H,10-12H2,(H,19,21)/t15-/m0/s1. The smallest absolute Gasteiger partial charge is 0.230 e. The van der Waals surface area contributed by atoms with Crippen LogP contribution in [0.4, 0.5) is 0 Å². The zero-order valence-electron chi connectivity index (χ0n) is 12.5. The number of nitrogens with one attached hydrogen (secondary N) is 1. The van der Waals surface area contributed by atoms with Crippen LogP contribution in [0.25, 0.3) is 0 Å². The summed E-state index contributed by atoms with van der Waals surface area (Å²) in [6.45, 7) is 0.457. The minimum absolute atomic E-state index is 0.0398. The summed E-state index contributed by atoms with van der Waals surface area (Å²) in [6, 6.07) is 16.7. The molecule has 1 amide bonds. The summed E-state index contributed by atoms with van der Waals surface area (Å²) in [5.41, 5.74) is 1.68. The van der Waals surface area contributed by atoms with Gasteiger partial charge in [0.15, 0.2) is 5.78 Å². The number of benzene rings is 2. The van der Waals surface area contributed by atoms with Crippen LogP contribution in [0.2, 0.25) is 0 Å². The van der Waals surface area contributed by atoms with Gasteiger partial charge in [0, 0.05) is 11.1 Å². The maximum absolute atomic E-state index is 12.0. The molecule has 23 heavy (non-hydrogen) atoms. The first-order valence-corrected chi connectivity index (χ1v) is 8.56. The van der Waals surface area contributed by atoms with Gasteiger partial charge in [0.2, 0.25) is 5.91 Å². The number of thioether (sulfide) groups is 1. The molecule has 1 atom stereocenters. The normalized spacial score (nSPS) is 15.6. The monoisotopic (exact) mass is 327 g/mol. The van der Waals surface area contributed by atoms with E-state index in [1.165, 1.54) is 11.8 Å². The van der Waals surface area contributed by atoms with Gasteiger partial charge in [-0.15, -0.1) is 11.8 Å². The van der Waals surface area contributed by atoms with Crippen LogP contribution in [0.3, 0.4) is 0 Å². The van der Waals surface area contributed by atoms with Crippen LogP contribution in [0, 0.1) is 0 Å². The Bertz CT molecular complexity index is 702. The lowest BCUT2D eigenvalue weighted by Gasteiger charge is -2.11. The maximum atomic E-state index is 12.0. The number of carbonyl (C=O) groups excluding carboxylic acids is 2. The summed E-state index contributed by atoms with van der Waals surface area (Å²) >= 11 is 1.33. The van der Waals surface area contributed by atoms with Crippen molar-refractivity contribution in [1.82, 2.24) is 5.32 Å². The van der Waals surface area contributed by atoms with Crippen LogP contribution in [-0.2, 0) is 4.79 Å². The average Bonchev–Trinajstić information content (AvgIpc) is 2.99. The molecule has 4 nitrogen and oxygen atoms in total. The molecule has 1 aliphatic rings. The van der Waals surface area contributed by atoms with E-state index in [0.29, 0.717) is 17.9 Å². The summed E-state index contributed by atoms with van der Waals surface area (Å²) in [4.78, 5) is 24.0. The topological polar surface area (TPSA) is 55.4 Å². The third-order valence-electron chi connectivity index (χ3n) is 3.60. The third-order valence-corrected chi connectivity index (χ3v) is 4.53. The highest BCUT2D eigenvalue weighted by Gasteiger charge is 2.24. The van der Waals surface area contributed by atoms with Crippen molar-refractivity contribution in [3.63, 3.8) is 0 Å². The molecule has 3 rings (SSSR count). The molecular formula is C18H17NO3S. The van der Waals surface area contributed by atoms with Crippen LogP contribution < -0.4 is 10.1 Å². The summed E-state index contributed by atoms with van der Waals surface area (Å²) < 4.78 is 5.54. The maximum Gasteiger partial charge on any atom is 0.230 e. The third kappa shape index (κ3) is 3.93. The second-order valence-electron chi connectivity index (χ2n) is 5.25. The molecule has 5 heteroatoms. The van der Waals surface area contributed by atoms with Gasteiger partial charge in [0.25, 0.3) is 0 Å². The van der Waals surface area contributed by atoms with E-state index in [9.17, 15) is 9.59 Å². The van der Waals surface area contributed by atoms with Crippen molar-refractivity contribution in [2.45, 2.75) is 6.04 Å². The predicted molar refractivity (Wildman–Crippen MR) is 90.9 cm³/mol. The Morgan fingerprint density at radius 3 is 2.61 bits per heavy atom. The molecule has 1 heterocycles. The minimum atomic E-state index is -0.107. The number of fused-ring (bicyclic) bond motifs is 1. The highest BCUT2D eigenvalue weighted by atomic mass is 32.2. The van der Waals surface area contributed by atoms with Crippen molar-refractivity contribution in [2.75, 3.05) is 18.1 Å². The van der Waals surface area contributed by atoms with Gasteiger partial charge in [-0.2, -0.15) is 0 Å². The first-order chi connectivity index (χ1) is 11.2. The number of ketones is 1. The van der Waals surface area contributed by atoms with Crippen LogP contribution in [0.1, 0.15) is 22.0 Å². The Morgan fingerprint density at radius 1 is 1.04 bits per heavy atom. The first kappa shape index (κ1) is 15.6. The van der Waals surface area contributed by atoms with E-state index in [4.69, 9.17) is 4.74 Å². The number of rotatable bonds is 6. The first-order valence-electron chi connectivity index (χ1n) is 7.41. The van der Waals surface area contributed by atoms with E-state index in [-0.39, 0.29) is 23.5 Å². The fourth-order valence-electron chi connectivity index (χ4n) is 2.46. The number of Topliss-reactive ketones (excluding diaryl/α,β-unsaturated/α-hetero) is 1. The van der Waals surface area contributed by atoms with Crippen molar-refractivity contribution in [1.29, 1.82) is 0 Å². The van der Waals surface area contributed by atoms with Gasteiger partial charge in [0.1, 0.15) is 12.4 Å². The molecular weight excluding hydrogens is 310 g/mol. The molecule has 0 fully saturated rings. The number of ether oxygens (including phenoxy) is 1. The molecule has 0 aromatic heterocycles. The highest BCUT2D eigenvalue weighted by molar-refractivity contribution is 8.00. The minimum Gasteiger partial charge on any atom is -0.491 e. The molecule has 0 saturated heterocycles. The van der Waals surface area contributed by atoms with Gasteiger partial charge in [-0.1, -0.05) is 48.5 Å². The number of hydrogen-bond acceptors (Lipinski definition) is 4. The Labute approximate surface area is 139 Å². The Morgan fingerprint density at radius 2 is 1.78 bits per heavy atom. The van der Waals surface area contributed by atoms with Crippen LogP contribution in [-0.4, -0.2) is 29.8 Å². The Kier molecular flexibility index (Phi) is 4.98. The van der Waals surface area contributed by atoms with Gasteiger partial charge in [-0.05, 0) is 6.07 Å². The van der Waals surface area contributed by atoms with E-state index in [1.54, 1.807) is 12.1 Å². The van der Waals surface area contributed by atoms with Crippen LogP contribution in [0.5, 0.6) is 5.75 Å². The average molecular weight is 327 g/mol. The van der Waals surface area contributed by atoms with Gasteiger partial charge >= 0.3 is 0 Å². The molecule has 2 aromatic rings. The van der Waals surface area contributed by atoms with Gasteiger partial charge < -0.3 is 10.1 Å². The van der Waals surface area contributed by atoms with Gasteiger partial charge in [0.05, 0.1) is 17.5 Å². The van der Waals surface area contributed by atoms with Crippen molar-refractivity contribution in [2.24, 2.45) is 0 Å². The quantitative estimate of drug-likeness (QED) is 0.829. The zero-order chi connectivity index (χ0) is 16.1. The largest absolute Gasteiger partial charge is 0.491 e. The van der Waals surface area contributed by atoms with Crippen LogP contribution >= 0.6 is 11.8 Å². The number of amides is 1. The summed E-state index contributed by atoms with van der Waals surface area (Å²) in [5, 5.41) is 2.95. The van der Waals surface area contributed by atoms with E-state index < -0.39 is 0 Å². The van der Waals surface area contributed by atoms with E-state index >= 15 is 0 Å². The number of hydrogen-bond donors (Lipinski definition) is 1. The molecule has 1 aliphatic heterocycles.